The molecule has 2 N–H and O–H groups in total. The minimum atomic E-state index is -0.819. The largest absolute Gasteiger partial charge is 0.481 e. The van der Waals surface area contributed by atoms with Gasteiger partial charge in [-0.05, 0) is 43.4 Å². The highest BCUT2D eigenvalue weighted by Crippen LogP contribution is 2.18. The number of ether oxygens (including phenoxy) is 1. The van der Waals surface area contributed by atoms with Crippen LogP contribution in [0.3, 0.4) is 0 Å². The third kappa shape index (κ3) is 5.55. The Kier molecular flexibility index (Phi) is 5.75. The van der Waals surface area contributed by atoms with Gasteiger partial charge >= 0.3 is 5.97 Å². The first-order valence-corrected chi connectivity index (χ1v) is 7.35. The first-order valence-electron chi connectivity index (χ1n) is 7.35. The molecule has 1 unspecified atom stereocenters. The Balaban J connectivity index is 1.79. The van der Waals surface area contributed by atoms with Gasteiger partial charge in [0, 0.05) is 25.1 Å². The van der Waals surface area contributed by atoms with E-state index >= 15 is 0 Å². The summed E-state index contributed by atoms with van der Waals surface area (Å²) in [5, 5.41) is 11.5. The van der Waals surface area contributed by atoms with Crippen molar-refractivity contribution in [2.24, 2.45) is 0 Å². The molecule has 1 atom stereocenters. The Bertz CT molecular complexity index is 495. The lowest BCUT2D eigenvalue weighted by molar-refractivity contribution is -0.137. The van der Waals surface area contributed by atoms with E-state index in [9.17, 15) is 9.59 Å². The van der Waals surface area contributed by atoms with Crippen LogP contribution in [0.4, 0.5) is 5.69 Å². The normalized spacial score (nSPS) is 17.6. The SMILES string of the molecule is O=C(O)CCc1cccc(NC(=O)CCC2CCCO2)c1. The van der Waals surface area contributed by atoms with Crippen LogP contribution in [0.1, 0.15) is 37.7 Å². The molecule has 5 nitrogen and oxygen atoms in total. The summed E-state index contributed by atoms with van der Waals surface area (Å²) in [5.41, 5.74) is 1.63. The van der Waals surface area contributed by atoms with Gasteiger partial charge in [-0.2, -0.15) is 0 Å². The molecule has 1 aromatic rings. The van der Waals surface area contributed by atoms with Gasteiger partial charge in [0.05, 0.1) is 6.10 Å². The number of hydrogen-bond acceptors (Lipinski definition) is 3. The van der Waals surface area contributed by atoms with E-state index in [4.69, 9.17) is 9.84 Å². The van der Waals surface area contributed by atoms with E-state index in [0.717, 1.165) is 37.1 Å². The molecule has 1 aliphatic rings. The molecule has 0 aliphatic carbocycles. The van der Waals surface area contributed by atoms with Gasteiger partial charge < -0.3 is 15.2 Å². The minimum Gasteiger partial charge on any atom is -0.481 e. The molecule has 1 heterocycles. The van der Waals surface area contributed by atoms with Gasteiger partial charge in [-0.25, -0.2) is 0 Å². The van der Waals surface area contributed by atoms with Crippen LogP contribution in [0.25, 0.3) is 0 Å². The number of anilines is 1. The number of benzene rings is 1. The van der Waals surface area contributed by atoms with Crippen molar-refractivity contribution in [2.45, 2.75) is 44.6 Å². The van der Waals surface area contributed by atoms with Gasteiger partial charge in [0.15, 0.2) is 0 Å². The van der Waals surface area contributed by atoms with Crippen molar-refractivity contribution >= 4 is 17.6 Å². The second-order valence-electron chi connectivity index (χ2n) is 5.32. The predicted molar refractivity (Wildman–Crippen MR) is 79.2 cm³/mol. The van der Waals surface area contributed by atoms with Gasteiger partial charge in [0.1, 0.15) is 0 Å². The van der Waals surface area contributed by atoms with E-state index in [1.807, 2.05) is 24.3 Å². The van der Waals surface area contributed by atoms with Crippen molar-refractivity contribution in [1.82, 2.24) is 0 Å². The minimum absolute atomic E-state index is 0.0270. The lowest BCUT2D eigenvalue weighted by Gasteiger charge is -2.10. The number of carboxylic acids is 1. The highest BCUT2D eigenvalue weighted by Gasteiger charge is 2.16. The summed E-state index contributed by atoms with van der Waals surface area (Å²) in [6.07, 6.45) is 4.10. The van der Waals surface area contributed by atoms with Crippen LogP contribution < -0.4 is 5.32 Å². The van der Waals surface area contributed by atoms with Crippen molar-refractivity contribution in [3.63, 3.8) is 0 Å². The maximum Gasteiger partial charge on any atom is 0.303 e. The molecule has 5 heteroatoms. The van der Waals surface area contributed by atoms with Crippen LogP contribution in [-0.2, 0) is 20.7 Å². The predicted octanol–water partition coefficient (Wildman–Crippen LogP) is 2.60. The topological polar surface area (TPSA) is 75.6 Å². The Morgan fingerprint density at radius 1 is 1.33 bits per heavy atom. The maximum atomic E-state index is 11.9. The fourth-order valence-corrected chi connectivity index (χ4v) is 2.44. The molecular weight excluding hydrogens is 270 g/mol. The molecule has 0 radical (unpaired) electrons. The molecule has 1 aliphatic heterocycles. The molecule has 0 spiro atoms. The molecule has 1 aromatic carbocycles. The third-order valence-corrected chi connectivity index (χ3v) is 3.56. The average Bonchev–Trinajstić information content (AvgIpc) is 2.97. The van der Waals surface area contributed by atoms with Crippen LogP contribution >= 0.6 is 0 Å². The quantitative estimate of drug-likeness (QED) is 0.809. The van der Waals surface area contributed by atoms with Crippen LogP contribution in [-0.4, -0.2) is 29.7 Å². The van der Waals surface area contributed by atoms with Crippen molar-refractivity contribution in [3.8, 4) is 0 Å². The number of carbonyl (C=O) groups is 2. The first kappa shape index (κ1) is 15.5. The molecule has 21 heavy (non-hydrogen) atoms. The lowest BCUT2D eigenvalue weighted by Crippen LogP contribution is -2.15. The highest BCUT2D eigenvalue weighted by atomic mass is 16.5. The second-order valence-corrected chi connectivity index (χ2v) is 5.32. The van der Waals surface area contributed by atoms with Crippen LogP contribution in [0, 0.1) is 0 Å². The van der Waals surface area contributed by atoms with Crippen molar-refractivity contribution in [3.05, 3.63) is 29.8 Å². The molecule has 114 valence electrons. The molecule has 1 saturated heterocycles. The number of hydrogen-bond donors (Lipinski definition) is 2. The van der Waals surface area contributed by atoms with Crippen molar-refractivity contribution in [1.29, 1.82) is 0 Å². The van der Waals surface area contributed by atoms with E-state index in [0.29, 0.717) is 12.8 Å². The Labute approximate surface area is 124 Å². The summed E-state index contributed by atoms with van der Waals surface area (Å²) in [6.45, 7) is 0.803. The number of carboxylic acid groups (broad SMARTS) is 1. The summed E-state index contributed by atoms with van der Waals surface area (Å²) >= 11 is 0. The summed E-state index contributed by atoms with van der Waals surface area (Å²) in [6, 6.07) is 7.33. The fourth-order valence-electron chi connectivity index (χ4n) is 2.44. The standard InChI is InChI=1S/C16H21NO4/c18-15(8-7-14-5-2-10-21-14)17-13-4-1-3-12(11-13)6-9-16(19)20/h1,3-4,11,14H,2,5-10H2,(H,17,18)(H,19,20). The number of aliphatic carboxylic acids is 1. The molecule has 0 saturated carbocycles. The van der Waals surface area contributed by atoms with E-state index < -0.39 is 5.97 Å². The lowest BCUT2D eigenvalue weighted by atomic mass is 10.1. The number of rotatable bonds is 7. The first-order chi connectivity index (χ1) is 10.1. The molecule has 1 fully saturated rings. The zero-order valence-corrected chi connectivity index (χ0v) is 12.0. The monoisotopic (exact) mass is 291 g/mol. The third-order valence-electron chi connectivity index (χ3n) is 3.56. The van der Waals surface area contributed by atoms with Gasteiger partial charge in [-0.1, -0.05) is 12.1 Å². The Morgan fingerprint density at radius 3 is 2.90 bits per heavy atom. The Hall–Kier alpha value is -1.88. The van der Waals surface area contributed by atoms with E-state index in [-0.39, 0.29) is 18.4 Å². The van der Waals surface area contributed by atoms with Gasteiger partial charge in [0.25, 0.3) is 0 Å². The van der Waals surface area contributed by atoms with Gasteiger partial charge in [-0.15, -0.1) is 0 Å². The van der Waals surface area contributed by atoms with Gasteiger partial charge in [-0.3, -0.25) is 9.59 Å². The van der Waals surface area contributed by atoms with Crippen molar-refractivity contribution in [2.75, 3.05) is 11.9 Å². The number of nitrogens with one attached hydrogen (secondary N) is 1. The van der Waals surface area contributed by atoms with Crippen LogP contribution in [0.2, 0.25) is 0 Å². The van der Waals surface area contributed by atoms with E-state index in [1.54, 1.807) is 0 Å². The number of aryl methyl sites for hydroxylation is 1. The summed E-state index contributed by atoms with van der Waals surface area (Å²) < 4.78 is 5.49. The van der Waals surface area contributed by atoms with E-state index in [1.165, 1.54) is 0 Å². The van der Waals surface area contributed by atoms with Gasteiger partial charge in [0.2, 0.25) is 5.91 Å². The van der Waals surface area contributed by atoms with Crippen LogP contribution in [0.15, 0.2) is 24.3 Å². The number of amides is 1. The zero-order valence-electron chi connectivity index (χ0n) is 12.0. The molecule has 0 bridgehead atoms. The summed E-state index contributed by atoms with van der Waals surface area (Å²) in [4.78, 5) is 22.5. The summed E-state index contributed by atoms with van der Waals surface area (Å²) in [7, 11) is 0. The second kappa shape index (κ2) is 7.78. The molecule has 1 amide bonds. The van der Waals surface area contributed by atoms with Crippen molar-refractivity contribution < 1.29 is 19.4 Å². The number of carbonyl (C=O) groups excluding carboxylic acids is 1. The highest BCUT2D eigenvalue weighted by molar-refractivity contribution is 5.90. The average molecular weight is 291 g/mol. The van der Waals surface area contributed by atoms with E-state index in [2.05, 4.69) is 5.32 Å². The smallest absolute Gasteiger partial charge is 0.303 e. The fraction of sp³-hybridized carbons (Fsp3) is 0.500. The zero-order chi connectivity index (χ0) is 15.1. The molecular formula is C16H21NO4. The maximum absolute atomic E-state index is 11.9. The summed E-state index contributed by atoms with van der Waals surface area (Å²) in [5.74, 6) is -0.845. The van der Waals surface area contributed by atoms with Crippen LogP contribution in [0.5, 0.6) is 0 Å². The Morgan fingerprint density at radius 2 is 2.19 bits per heavy atom. The molecule has 2 rings (SSSR count). The molecule has 0 aromatic heterocycles.